The van der Waals surface area contributed by atoms with E-state index in [9.17, 15) is 4.79 Å². The lowest BCUT2D eigenvalue weighted by atomic mass is 9.82. The van der Waals surface area contributed by atoms with Crippen molar-refractivity contribution in [3.05, 3.63) is 11.5 Å². The molecule has 1 fully saturated rings. The number of anilines is 1. The van der Waals surface area contributed by atoms with Crippen LogP contribution in [0.15, 0.2) is 0 Å². The van der Waals surface area contributed by atoms with Crippen LogP contribution < -0.4 is 5.73 Å². The molecule has 0 bridgehead atoms. The first-order valence-corrected chi connectivity index (χ1v) is 8.08. The molecule has 1 unspecified atom stereocenters. The second-order valence-corrected chi connectivity index (χ2v) is 5.85. The lowest BCUT2D eigenvalue weighted by Gasteiger charge is -2.32. The summed E-state index contributed by atoms with van der Waals surface area (Å²) in [4.78, 5) is 16.3. The summed E-state index contributed by atoms with van der Waals surface area (Å²) in [5.74, 6) is 1.55. The number of imidazole rings is 1. The number of esters is 1. The minimum Gasteiger partial charge on any atom is -0.464 e. The van der Waals surface area contributed by atoms with Gasteiger partial charge in [-0.15, -0.1) is 0 Å². The molecule has 0 radical (unpaired) electrons. The number of ether oxygens (including phenoxy) is 1. The van der Waals surface area contributed by atoms with Crippen LogP contribution in [-0.4, -0.2) is 22.6 Å². The molecule has 2 N–H and O–H groups in total. The van der Waals surface area contributed by atoms with Crippen molar-refractivity contribution in [3.63, 3.8) is 0 Å². The van der Waals surface area contributed by atoms with E-state index in [1.807, 2.05) is 6.92 Å². The van der Waals surface area contributed by atoms with Gasteiger partial charge in [0.2, 0.25) is 0 Å². The number of nitrogen functional groups attached to an aromatic ring is 1. The van der Waals surface area contributed by atoms with Gasteiger partial charge in [0.15, 0.2) is 5.69 Å². The van der Waals surface area contributed by atoms with Crippen LogP contribution in [0.4, 0.5) is 5.82 Å². The smallest absolute Gasteiger partial charge is 0.360 e. The molecule has 1 aromatic rings. The lowest BCUT2D eigenvalue weighted by Crippen LogP contribution is -2.24. The Morgan fingerprint density at radius 2 is 2.05 bits per heavy atom. The quantitative estimate of drug-likeness (QED) is 0.845. The molecule has 0 amide bonds. The number of aryl methyl sites for hydroxylation is 1. The van der Waals surface area contributed by atoms with Crippen molar-refractivity contribution in [3.8, 4) is 0 Å². The Morgan fingerprint density at radius 1 is 1.38 bits per heavy atom. The van der Waals surface area contributed by atoms with Crippen molar-refractivity contribution in [2.45, 2.75) is 64.8 Å². The molecule has 1 aliphatic carbocycles. The topological polar surface area (TPSA) is 70.1 Å². The summed E-state index contributed by atoms with van der Waals surface area (Å²) in [6, 6.07) is 0.339. The SMILES string of the molecule is CCc1nc(C(=O)OC)c(N)n1C(CC)C1CCCCC1. The van der Waals surface area contributed by atoms with Crippen LogP contribution in [0.3, 0.4) is 0 Å². The summed E-state index contributed by atoms with van der Waals surface area (Å²) in [6.07, 6.45) is 8.19. The Bertz CT molecular complexity index is 490. The average molecular weight is 293 g/mol. The highest BCUT2D eigenvalue weighted by atomic mass is 16.5. The molecule has 118 valence electrons. The molecule has 2 rings (SSSR count). The number of carbonyl (C=O) groups excluding carboxylic acids is 1. The van der Waals surface area contributed by atoms with E-state index in [0.29, 0.717) is 17.8 Å². The summed E-state index contributed by atoms with van der Waals surface area (Å²) in [5.41, 5.74) is 6.51. The number of hydrogen-bond acceptors (Lipinski definition) is 4. The summed E-state index contributed by atoms with van der Waals surface area (Å²) in [6.45, 7) is 4.24. The molecular weight excluding hydrogens is 266 g/mol. The van der Waals surface area contributed by atoms with Crippen LogP contribution >= 0.6 is 0 Å². The predicted octanol–water partition coefficient (Wildman–Crippen LogP) is 3.35. The van der Waals surface area contributed by atoms with Gasteiger partial charge in [-0.2, -0.15) is 0 Å². The van der Waals surface area contributed by atoms with Gasteiger partial charge in [-0.05, 0) is 25.2 Å². The van der Waals surface area contributed by atoms with Gasteiger partial charge in [0.1, 0.15) is 11.6 Å². The first kappa shape index (κ1) is 15.9. The van der Waals surface area contributed by atoms with E-state index >= 15 is 0 Å². The zero-order valence-electron chi connectivity index (χ0n) is 13.4. The third-order valence-corrected chi connectivity index (χ3v) is 4.66. The van der Waals surface area contributed by atoms with Crippen molar-refractivity contribution in [2.24, 2.45) is 5.92 Å². The van der Waals surface area contributed by atoms with Crippen molar-refractivity contribution in [1.29, 1.82) is 0 Å². The van der Waals surface area contributed by atoms with E-state index in [-0.39, 0.29) is 5.69 Å². The van der Waals surface area contributed by atoms with Crippen LogP contribution in [-0.2, 0) is 11.2 Å². The monoisotopic (exact) mass is 293 g/mol. The van der Waals surface area contributed by atoms with Crippen molar-refractivity contribution < 1.29 is 9.53 Å². The highest BCUT2D eigenvalue weighted by Gasteiger charge is 2.29. The number of hydrogen-bond donors (Lipinski definition) is 1. The molecule has 1 atom stereocenters. The van der Waals surface area contributed by atoms with E-state index in [1.165, 1.54) is 39.2 Å². The number of carbonyl (C=O) groups is 1. The van der Waals surface area contributed by atoms with E-state index in [0.717, 1.165) is 18.7 Å². The number of aromatic nitrogens is 2. The Hall–Kier alpha value is -1.52. The maximum absolute atomic E-state index is 11.8. The molecule has 5 heteroatoms. The standard InChI is InChI=1S/C16H27N3O2/c1-4-12(11-9-7-6-8-10-11)19-13(5-2)18-14(15(19)17)16(20)21-3/h11-12H,4-10,17H2,1-3H3. The molecule has 1 heterocycles. The van der Waals surface area contributed by atoms with Crippen molar-refractivity contribution in [1.82, 2.24) is 9.55 Å². The average Bonchev–Trinajstić information content (AvgIpc) is 2.86. The largest absolute Gasteiger partial charge is 0.464 e. The number of nitrogens with two attached hydrogens (primary N) is 1. The zero-order valence-corrected chi connectivity index (χ0v) is 13.4. The summed E-state index contributed by atoms with van der Waals surface area (Å²) >= 11 is 0. The van der Waals surface area contributed by atoms with Gasteiger partial charge in [0, 0.05) is 12.5 Å². The molecule has 1 aromatic heterocycles. The summed E-state index contributed by atoms with van der Waals surface area (Å²) in [7, 11) is 1.37. The van der Waals surface area contributed by atoms with E-state index in [1.54, 1.807) is 0 Å². The molecule has 0 saturated heterocycles. The van der Waals surface area contributed by atoms with Crippen molar-refractivity contribution >= 4 is 11.8 Å². The molecule has 1 aliphatic rings. The van der Waals surface area contributed by atoms with Crippen LogP contribution in [0.2, 0.25) is 0 Å². The molecule has 1 saturated carbocycles. The Labute approximate surface area is 126 Å². The van der Waals surface area contributed by atoms with Gasteiger partial charge >= 0.3 is 5.97 Å². The highest BCUT2D eigenvalue weighted by Crippen LogP contribution is 2.37. The summed E-state index contributed by atoms with van der Waals surface area (Å²) in [5, 5.41) is 0. The van der Waals surface area contributed by atoms with Crippen LogP contribution in [0.1, 0.15) is 74.7 Å². The second-order valence-electron chi connectivity index (χ2n) is 5.85. The molecule has 0 aliphatic heterocycles. The first-order valence-electron chi connectivity index (χ1n) is 8.08. The van der Waals surface area contributed by atoms with E-state index in [2.05, 4.69) is 16.5 Å². The lowest BCUT2D eigenvalue weighted by molar-refractivity contribution is 0.0595. The van der Waals surface area contributed by atoms with Crippen molar-refractivity contribution in [2.75, 3.05) is 12.8 Å². The Balaban J connectivity index is 2.39. The van der Waals surface area contributed by atoms with E-state index in [4.69, 9.17) is 10.5 Å². The maximum Gasteiger partial charge on any atom is 0.360 e. The van der Waals surface area contributed by atoms with Crippen LogP contribution in [0.25, 0.3) is 0 Å². The molecule has 21 heavy (non-hydrogen) atoms. The maximum atomic E-state index is 11.8. The minimum absolute atomic E-state index is 0.267. The molecule has 5 nitrogen and oxygen atoms in total. The summed E-state index contributed by atoms with van der Waals surface area (Å²) < 4.78 is 6.89. The second kappa shape index (κ2) is 6.96. The minimum atomic E-state index is -0.445. The molecule has 0 aromatic carbocycles. The van der Waals surface area contributed by atoms with Gasteiger partial charge in [-0.25, -0.2) is 9.78 Å². The van der Waals surface area contributed by atoms with Crippen LogP contribution in [0.5, 0.6) is 0 Å². The molecule has 0 spiro atoms. The van der Waals surface area contributed by atoms with Gasteiger partial charge in [0.05, 0.1) is 7.11 Å². The number of nitrogens with zero attached hydrogens (tertiary/aromatic N) is 2. The Kier molecular flexibility index (Phi) is 5.26. The normalized spacial score (nSPS) is 17.7. The fraction of sp³-hybridized carbons (Fsp3) is 0.750. The highest BCUT2D eigenvalue weighted by molar-refractivity contribution is 5.92. The predicted molar refractivity (Wildman–Crippen MR) is 83.3 cm³/mol. The third kappa shape index (κ3) is 3.06. The van der Waals surface area contributed by atoms with Gasteiger partial charge < -0.3 is 15.0 Å². The zero-order chi connectivity index (χ0) is 15.4. The van der Waals surface area contributed by atoms with Gasteiger partial charge in [0.25, 0.3) is 0 Å². The van der Waals surface area contributed by atoms with E-state index < -0.39 is 5.97 Å². The Morgan fingerprint density at radius 3 is 2.57 bits per heavy atom. The first-order chi connectivity index (χ1) is 10.1. The molecular formula is C16H27N3O2. The third-order valence-electron chi connectivity index (χ3n) is 4.66. The number of rotatable bonds is 5. The fourth-order valence-corrected chi connectivity index (χ4v) is 3.61. The van der Waals surface area contributed by atoms with Gasteiger partial charge in [-0.3, -0.25) is 0 Å². The fourth-order valence-electron chi connectivity index (χ4n) is 3.61. The number of methoxy groups -OCH3 is 1. The van der Waals surface area contributed by atoms with Gasteiger partial charge in [-0.1, -0.05) is 33.1 Å². The van der Waals surface area contributed by atoms with Crippen LogP contribution in [0, 0.1) is 5.92 Å².